The van der Waals surface area contributed by atoms with Crippen LogP contribution in [-0.2, 0) is 24.7 Å². The van der Waals surface area contributed by atoms with E-state index >= 15 is 0 Å². The summed E-state index contributed by atoms with van der Waals surface area (Å²) in [5.74, 6) is -0.0392. The van der Waals surface area contributed by atoms with Crippen molar-refractivity contribution in [2.45, 2.75) is 52.5 Å². The number of aromatic nitrogens is 2. The molecule has 2 aromatic rings. The Morgan fingerprint density at radius 2 is 2.00 bits per heavy atom. The molecule has 24 heavy (non-hydrogen) atoms. The van der Waals surface area contributed by atoms with Gasteiger partial charge in [-0.05, 0) is 63.6 Å². The Kier molecular flexibility index (Phi) is 4.60. The minimum atomic E-state index is -0.308. The number of nitrogens with zero attached hydrogens (tertiary/aromatic N) is 2. The number of carbonyl (C=O) groups excluding carboxylic acids is 1. The Morgan fingerprint density at radius 1 is 1.25 bits per heavy atom. The number of fused-ring (bicyclic) bond motifs is 1. The summed E-state index contributed by atoms with van der Waals surface area (Å²) >= 11 is 0. The molecule has 0 spiro atoms. The van der Waals surface area contributed by atoms with E-state index in [-0.39, 0.29) is 11.9 Å². The van der Waals surface area contributed by atoms with Crippen molar-refractivity contribution < 1.29 is 4.79 Å². The molecule has 5 nitrogen and oxygen atoms in total. The van der Waals surface area contributed by atoms with Gasteiger partial charge in [0, 0.05) is 12.7 Å². The van der Waals surface area contributed by atoms with Gasteiger partial charge in [0.2, 0.25) is 5.91 Å². The smallest absolute Gasteiger partial charge is 0.246 e. The lowest BCUT2D eigenvalue weighted by Crippen LogP contribution is -2.32. The highest BCUT2D eigenvalue weighted by Crippen LogP contribution is 2.28. The molecule has 0 radical (unpaired) electrons. The van der Waals surface area contributed by atoms with Crippen molar-refractivity contribution in [3.8, 4) is 0 Å². The van der Waals surface area contributed by atoms with Gasteiger partial charge in [-0.3, -0.25) is 9.48 Å². The Labute approximate surface area is 143 Å². The van der Waals surface area contributed by atoms with E-state index in [0.29, 0.717) is 0 Å². The van der Waals surface area contributed by atoms with Crippen molar-refractivity contribution in [1.29, 1.82) is 0 Å². The van der Waals surface area contributed by atoms with E-state index in [1.165, 1.54) is 24.0 Å². The highest BCUT2D eigenvalue weighted by Gasteiger charge is 2.19. The quantitative estimate of drug-likeness (QED) is 0.906. The number of aryl methyl sites for hydroxylation is 3. The number of anilines is 2. The third-order valence-electron chi connectivity index (χ3n) is 4.92. The zero-order chi connectivity index (χ0) is 17.3. The molecule has 1 aliphatic carbocycles. The van der Waals surface area contributed by atoms with Crippen LogP contribution in [0.1, 0.15) is 42.3 Å². The molecule has 1 unspecified atom stereocenters. The first-order chi connectivity index (χ1) is 11.5. The average Bonchev–Trinajstić information content (AvgIpc) is 2.81. The molecular formula is C19H26N4O. The van der Waals surface area contributed by atoms with Crippen molar-refractivity contribution in [1.82, 2.24) is 9.78 Å². The second kappa shape index (κ2) is 6.67. The fraction of sp³-hybridized carbons (Fsp3) is 0.474. The van der Waals surface area contributed by atoms with Crippen LogP contribution in [0.2, 0.25) is 0 Å². The molecule has 5 heteroatoms. The summed E-state index contributed by atoms with van der Waals surface area (Å²) in [4.78, 5) is 12.6. The summed E-state index contributed by atoms with van der Waals surface area (Å²) in [7, 11) is 1.88. The summed E-state index contributed by atoms with van der Waals surface area (Å²) in [6, 6.07) is 6.05. The predicted molar refractivity (Wildman–Crippen MR) is 97.5 cm³/mol. The molecule has 0 bridgehead atoms. The first-order valence-corrected chi connectivity index (χ1v) is 8.65. The standard InChI is InChI=1S/C19H26N4O/c1-12-18(14(3)23(4)22-12)21-19(24)13(2)20-17-11-7-9-15-8-5-6-10-16(15)17/h7,9,11,13,20H,5-6,8,10H2,1-4H3,(H,21,24). The molecule has 1 amide bonds. The maximum Gasteiger partial charge on any atom is 0.246 e. The second-order valence-electron chi connectivity index (χ2n) is 6.68. The van der Waals surface area contributed by atoms with E-state index in [2.05, 4.69) is 33.9 Å². The van der Waals surface area contributed by atoms with Gasteiger partial charge in [-0.2, -0.15) is 5.10 Å². The van der Waals surface area contributed by atoms with E-state index in [1.54, 1.807) is 4.68 Å². The Morgan fingerprint density at radius 3 is 2.71 bits per heavy atom. The molecule has 0 fully saturated rings. The number of benzene rings is 1. The molecule has 1 atom stereocenters. The van der Waals surface area contributed by atoms with Crippen LogP contribution >= 0.6 is 0 Å². The van der Waals surface area contributed by atoms with Gasteiger partial charge >= 0.3 is 0 Å². The molecule has 0 aliphatic heterocycles. The van der Waals surface area contributed by atoms with Crippen molar-refractivity contribution >= 4 is 17.3 Å². The third kappa shape index (κ3) is 3.16. The fourth-order valence-corrected chi connectivity index (χ4v) is 3.40. The largest absolute Gasteiger partial charge is 0.374 e. The summed E-state index contributed by atoms with van der Waals surface area (Å²) in [5.41, 5.74) is 6.49. The van der Waals surface area contributed by atoms with Crippen LogP contribution in [0, 0.1) is 13.8 Å². The molecule has 1 aromatic heterocycles. The minimum absolute atomic E-state index is 0.0392. The lowest BCUT2D eigenvalue weighted by atomic mass is 9.90. The lowest BCUT2D eigenvalue weighted by Gasteiger charge is -2.22. The molecule has 1 aromatic carbocycles. The summed E-state index contributed by atoms with van der Waals surface area (Å²) in [6.07, 6.45) is 4.71. The van der Waals surface area contributed by atoms with Gasteiger partial charge in [0.15, 0.2) is 0 Å². The predicted octanol–water partition coefficient (Wildman–Crippen LogP) is 3.35. The van der Waals surface area contributed by atoms with Gasteiger partial charge in [0.1, 0.15) is 6.04 Å². The highest BCUT2D eigenvalue weighted by molar-refractivity contribution is 5.97. The van der Waals surface area contributed by atoms with Gasteiger partial charge in [-0.15, -0.1) is 0 Å². The molecule has 3 rings (SSSR count). The van der Waals surface area contributed by atoms with Crippen LogP contribution in [0.4, 0.5) is 11.4 Å². The average molecular weight is 326 g/mol. The topological polar surface area (TPSA) is 59.0 Å². The Balaban J connectivity index is 1.73. The van der Waals surface area contributed by atoms with Gasteiger partial charge in [-0.1, -0.05) is 12.1 Å². The Hall–Kier alpha value is -2.30. The van der Waals surface area contributed by atoms with Crippen molar-refractivity contribution in [3.05, 3.63) is 40.7 Å². The molecule has 2 N–H and O–H groups in total. The number of nitrogens with one attached hydrogen (secondary N) is 2. The lowest BCUT2D eigenvalue weighted by molar-refractivity contribution is -0.116. The van der Waals surface area contributed by atoms with Crippen LogP contribution in [0.5, 0.6) is 0 Å². The molecule has 128 valence electrons. The second-order valence-corrected chi connectivity index (χ2v) is 6.68. The summed E-state index contributed by atoms with van der Waals surface area (Å²) < 4.78 is 1.79. The maximum absolute atomic E-state index is 12.6. The molecule has 0 saturated heterocycles. The zero-order valence-electron chi connectivity index (χ0n) is 14.9. The fourth-order valence-electron chi connectivity index (χ4n) is 3.40. The summed E-state index contributed by atoms with van der Waals surface area (Å²) in [5, 5.41) is 10.8. The van der Waals surface area contributed by atoms with Crippen LogP contribution < -0.4 is 10.6 Å². The van der Waals surface area contributed by atoms with Crippen molar-refractivity contribution in [3.63, 3.8) is 0 Å². The van der Waals surface area contributed by atoms with Crippen LogP contribution in [0.15, 0.2) is 18.2 Å². The molecular weight excluding hydrogens is 300 g/mol. The number of amides is 1. The number of hydrogen-bond acceptors (Lipinski definition) is 3. The van der Waals surface area contributed by atoms with E-state index in [1.807, 2.05) is 27.8 Å². The van der Waals surface area contributed by atoms with Gasteiger partial charge in [0.05, 0.1) is 17.1 Å². The third-order valence-corrected chi connectivity index (χ3v) is 4.92. The van der Waals surface area contributed by atoms with Gasteiger partial charge < -0.3 is 10.6 Å². The maximum atomic E-state index is 12.6. The van der Waals surface area contributed by atoms with E-state index in [9.17, 15) is 4.79 Å². The van der Waals surface area contributed by atoms with E-state index in [4.69, 9.17) is 0 Å². The van der Waals surface area contributed by atoms with Crippen LogP contribution in [0.25, 0.3) is 0 Å². The minimum Gasteiger partial charge on any atom is -0.374 e. The number of carbonyl (C=O) groups is 1. The zero-order valence-corrected chi connectivity index (χ0v) is 14.9. The van der Waals surface area contributed by atoms with Crippen molar-refractivity contribution in [2.24, 2.45) is 7.05 Å². The van der Waals surface area contributed by atoms with E-state index < -0.39 is 0 Å². The summed E-state index contributed by atoms with van der Waals surface area (Å²) in [6.45, 7) is 5.77. The Bertz CT molecular complexity index is 763. The molecule has 1 heterocycles. The van der Waals surface area contributed by atoms with Gasteiger partial charge in [0.25, 0.3) is 0 Å². The van der Waals surface area contributed by atoms with Gasteiger partial charge in [-0.25, -0.2) is 0 Å². The number of hydrogen-bond donors (Lipinski definition) is 2. The number of rotatable bonds is 4. The SMILES string of the molecule is Cc1nn(C)c(C)c1NC(=O)C(C)Nc1cccc2c1CCCC2. The van der Waals surface area contributed by atoms with Crippen LogP contribution in [0.3, 0.4) is 0 Å². The molecule has 1 aliphatic rings. The van der Waals surface area contributed by atoms with Crippen LogP contribution in [-0.4, -0.2) is 21.7 Å². The highest BCUT2D eigenvalue weighted by atomic mass is 16.2. The van der Waals surface area contributed by atoms with E-state index in [0.717, 1.165) is 35.6 Å². The monoisotopic (exact) mass is 326 g/mol. The first kappa shape index (κ1) is 16.6. The van der Waals surface area contributed by atoms with Crippen molar-refractivity contribution in [2.75, 3.05) is 10.6 Å². The first-order valence-electron chi connectivity index (χ1n) is 8.65. The molecule has 0 saturated carbocycles. The normalized spacial score (nSPS) is 14.8.